The summed E-state index contributed by atoms with van der Waals surface area (Å²) in [5, 5.41) is 5.71. The molecule has 0 radical (unpaired) electrons. The Morgan fingerprint density at radius 3 is 2.71 bits per heavy atom. The molecule has 3 atom stereocenters. The molecule has 0 aromatic carbocycles. The summed E-state index contributed by atoms with van der Waals surface area (Å²) in [5.74, 6) is 1.35. The maximum Gasteiger partial charge on any atom is 0.241 e. The molecule has 0 aromatic rings. The summed E-state index contributed by atoms with van der Waals surface area (Å²) in [4.78, 5) is 25.2. The van der Waals surface area contributed by atoms with Crippen LogP contribution in [0.1, 0.15) is 20.3 Å². The van der Waals surface area contributed by atoms with Crippen molar-refractivity contribution < 1.29 is 9.59 Å². The van der Waals surface area contributed by atoms with E-state index in [2.05, 4.69) is 24.5 Å². The molecule has 2 saturated heterocycles. The summed E-state index contributed by atoms with van der Waals surface area (Å²) in [5.41, 5.74) is 0. The van der Waals surface area contributed by atoms with Crippen LogP contribution < -0.4 is 10.6 Å². The van der Waals surface area contributed by atoms with Gasteiger partial charge < -0.3 is 10.2 Å². The fourth-order valence-corrected chi connectivity index (χ4v) is 2.42. The van der Waals surface area contributed by atoms with Gasteiger partial charge in [0.1, 0.15) is 6.04 Å². The Morgan fingerprint density at radius 2 is 2.12 bits per heavy atom. The number of amides is 2. The Labute approximate surface area is 102 Å². The van der Waals surface area contributed by atoms with E-state index in [4.69, 9.17) is 0 Å². The first-order valence-electron chi connectivity index (χ1n) is 6.37. The van der Waals surface area contributed by atoms with Crippen molar-refractivity contribution in [3.05, 3.63) is 0 Å². The minimum absolute atomic E-state index is 0.0327. The van der Waals surface area contributed by atoms with Gasteiger partial charge in [-0.3, -0.25) is 14.9 Å². The Morgan fingerprint density at radius 1 is 1.35 bits per heavy atom. The summed E-state index contributed by atoms with van der Waals surface area (Å²) in [6.45, 7) is 6.78. The molecule has 17 heavy (non-hydrogen) atoms. The second kappa shape index (κ2) is 5.04. The van der Waals surface area contributed by atoms with E-state index in [1.165, 1.54) is 0 Å². The van der Waals surface area contributed by atoms with Crippen LogP contribution in [-0.2, 0) is 9.59 Å². The highest BCUT2D eigenvalue weighted by molar-refractivity contribution is 5.86. The predicted octanol–water partition coefficient (Wildman–Crippen LogP) is -0.421. The highest BCUT2D eigenvalue weighted by Crippen LogP contribution is 2.22. The molecule has 2 fully saturated rings. The van der Waals surface area contributed by atoms with Crippen LogP contribution in [0, 0.1) is 11.8 Å². The van der Waals surface area contributed by atoms with Crippen LogP contribution in [0.2, 0.25) is 0 Å². The molecule has 0 aromatic heterocycles. The molecule has 0 saturated carbocycles. The van der Waals surface area contributed by atoms with Crippen molar-refractivity contribution in [2.24, 2.45) is 11.8 Å². The van der Waals surface area contributed by atoms with E-state index in [9.17, 15) is 9.59 Å². The van der Waals surface area contributed by atoms with Gasteiger partial charge in [0.2, 0.25) is 11.8 Å². The molecule has 0 bridgehead atoms. The quantitative estimate of drug-likeness (QED) is 0.653. The molecule has 2 N–H and O–H groups in total. The van der Waals surface area contributed by atoms with Gasteiger partial charge in [-0.2, -0.15) is 0 Å². The van der Waals surface area contributed by atoms with E-state index < -0.39 is 0 Å². The van der Waals surface area contributed by atoms with Crippen LogP contribution in [-0.4, -0.2) is 48.9 Å². The van der Waals surface area contributed by atoms with E-state index >= 15 is 0 Å². The summed E-state index contributed by atoms with van der Waals surface area (Å²) in [7, 11) is 0. The van der Waals surface area contributed by atoms with Gasteiger partial charge in [-0.05, 0) is 18.3 Å². The summed E-state index contributed by atoms with van der Waals surface area (Å²) >= 11 is 0. The number of rotatable bonds is 1. The van der Waals surface area contributed by atoms with Gasteiger partial charge in [-0.1, -0.05) is 13.8 Å². The van der Waals surface area contributed by atoms with Crippen LogP contribution in [0.25, 0.3) is 0 Å². The van der Waals surface area contributed by atoms with Gasteiger partial charge in [0.05, 0.1) is 6.54 Å². The molecule has 2 rings (SSSR count). The van der Waals surface area contributed by atoms with Crippen LogP contribution in [0.4, 0.5) is 0 Å². The lowest BCUT2D eigenvalue weighted by Gasteiger charge is -2.38. The molecule has 3 unspecified atom stereocenters. The molecule has 0 aliphatic carbocycles. The third-order valence-electron chi connectivity index (χ3n) is 3.96. The van der Waals surface area contributed by atoms with E-state index in [0.717, 1.165) is 19.5 Å². The Kier molecular flexibility index (Phi) is 3.66. The monoisotopic (exact) mass is 239 g/mol. The number of hydrogen-bond donors (Lipinski definition) is 2. The first kappa shape index (κ1) is 12.4. The van der Waals surface area contributed by atoms with E-state index in [1.807, 2.05) is 4.90 Å². The molecule has 5 heteroatoms. The SMILES string of the molecule is CC1CCN(C(=O)C2CNC(=O)CN2)CC1C. The lowest BCUT2D eigenvalue weighted by atomic mass is 9.88. The fraction of sp³-hybridized carbons (Fsp3) is 0.833. The molecule has 2 aliphatic rings. The molecule has 2 amide bonds. The van der Waals surface area contributed by atoms with Crippen LogP contribution >= 0.6 is 0 Å². The zero-order valence-electron chi connectivity index (χ0n) is 10.5. The third-order valence-corrected chi connectivity index (χ3v) is 3.96. The second-order valence-electron chi connectivity index (χ2n) is 5.27. The average molecular weight is 239 g/mol. The zero-order valence-corrected chi connectivity index (χ0v) is 10.5. The first-order valence-corrected chi connectivity index (χ1v) is 6.37. The van der Waals surface area contributed by atoms with E-state index in [1.54, 1.807) is 0 Å². The molecular weight excluding hydrogens is 218 g/mol. The van der Waals surface area contributed by atoms with Crippen molar-refractivity contribution in [2.45, 2.75) is 26.3 Å². The van der Waals surface area contributed by atoms with Crippen molar-refractivity contribution >= 4 is 11.8 Å². The molecular formula is C12H21N3O2. The van der Waals surface area contributed by atoms with Crippen molar-refractivity contribution in [3.63, 3.8) is 0 Å². The van der Waals surface area contributed by atoms with Crippen LogP contribution in [0.3, 0.4) is 0 Å². The highest BCUT2D eigenvalue weighted by Gasteiger charge is 2.31. The number of carbonyl (C=O) groups is 2. The molecule has 0 spiro atoms. The number of nitrogens with zero attached hydrogens (tertiary/aromatic N) is 1. The number of piperazine rings is 1. The lowest BCUT2D eigenvalue weighted by molar-refractivity contribution is -0.137. The standard InChI is InChI=1S/C12H21N3O2/c1-8-3-4-15(7-9(8)2)12(17)10-5-14-11(16)6-13-10/h8-10,13H,3-7H2,1-2H3,(H,14,16). The molecule has 5 nitrogen and oxygen atoms in total. The predicted molar refractivity (Wildman–Crippen MR) is 64.3 cm³/mol. The van der Waals surface area contributed by atoms with Gasteiger partial charge in [0.25, 0.3) is 0 Å². The normalized spacial score (nSPS) is 34.4. The Hall–Kier alpha value is -1.10. The van der Waals surface area contributed by atoms with Gasteiger partial charge in [0, 0.05) is 19.6 Å². The van der Waals surface area contributed by atoms with Crippen molar-refractivity contribution in [2.75, 3.05) is 26.2 Å². The largest absolute Gasteiger partial charge is 0.353 e. The summed E-state index contributed by atoms with van der Waals surface area (Å²) in [6.07, 6.45) is 1.08. The van der Waals surface area contributed by atoms with Gasteiger partial charge in [-0.25, -0.2) is 0 Å². The summed E-state index contributed by atoms with van der Waals surface area (Å²) in [6, 6.07) is -0.242. The van der Waals surface area contributed by atoms with Crippen molar-refractivity contribution in [1.82, 2.24) is 15.5 Å². The van der Waals surface area contributed by atoms with Gasteiger partial charge in [-0.15, -0.1) is 0 Å². The second-order valence-corrected chi connectivity index (χ2v) is 5.27. The van der Waals surface area contributed by atoms with Crippen LogP contribution in [0.5, 0.6) is 0 Å². The molecule has 2 aliphatic heterocycles. The van der Waals surface area contributed by atoms with Crippen molar-refractivity contribution in [3.8, 4) is 0 Å². The zero-order chi connectivity index (χ0) is 12.4. The number of hydrogen-bond acceptors (Lipinski definition) is 3. The smallest absolute Gasteiger partial charge is 0.241 e. The maximum atomic E-state index is 12.2. The minimum Gasteiger partial charge on any atom is -0.353 e. The number of likely N-dealkylation sites (tertiary alicyclic amines) is 1. The van der Waals surface area contributed by atoms with Gasteiger partial charge >= 0.3 is 0 Å². The lowest BCUT2D eigenvalue weighted by Crippen LogP contribution is -2.59. The van der Waals surface area contributed by atoms with Crippen LogP contribution in [0.15, 0.2) is 0 Å². The highest BCUT2D eigenvalue weighted by atomic mass is 16.2. The van der Waals surface area contributed by atoms with E-state index in [0.29, 0.717) is 18.4 Å². The third kappa shape index (κ3) is 2.77. The summed E-state index contributed by atoms with van der Waals surface area (Å²) < 4.78 is 0. The first-order chi connectivity index (χ1) is 8.08. The van der Waals surface area contributed by atoms with Crippen molar-refractivity contribution in [1.29, 1.82) is 0 Å². The minimum atomic E-state index is -0.242. The molecule has 96 valence electrons. The Bertz CT molecular complexity index is 309. The molecule has 2 heterocycles. The number of nitrogens with one attached hydrogen (secondary N) is 2. The topological polar surface area (TPSA) is 61.4 Å². The fourth-order valence-electron chi connectivity index (χ4n) is 2.42. The number of piperidine rings is 1. The van der Waals surface area contributed by atoms with E-state index in [-0.39, 0.29) is 24.4 Å². The Balaban J connectivity index is 1.89. The van der Waals surface area contributed by atoms with Gasteiger partial charge in [0.15, 0.2) is 0 Å². The maximum absolute atomic E-state index is 12.2. The number of carbonyl (C=O) groups excluding carboxylic acids is 2. The average Bonchev–Trinajstić information content (AvgIpc) is 2.33.